The van der Waals surface area contributed by atoms with Crippen LogP contribution in [0.1, 0.15) is 5.56 Å². The number of hydrogen-bond donors (Lipinski definition) is 1. The van der Waals surface area contributed by atoms with Gasteiger partial charge in [-0.2, -0.15) is 0 Å². The molecule has 0 bridgehead atoms. The minimum atomic E-state index is -3.55. The Morgan fingerprint density at radius 1 is 1.33 bits per heavy atom. The van der Waals surface area contributed by atoms with E-state index in [0.29, 0.717) is 11.3 Å². The standard InChI is InChI=1S/C12H11FN2O4S2/c1-7-3-4-8(5-9(7)13)14-12-10(15(16)17)6-11(20-12)21(2,18)19/h3-6,14H,1-2H3. The first kappa shape index (κ1) is 15.4. The molecule has 0 amide bonds. The van der Waals surface area contributed by atoms with Gasteiger partial charge in [0.05, 0.1) is 4.92 Å². The average Bonchev–Trinajstić information content (AvgIpc) is 2.78. The lowest BCUT2D eigenvalue weighted by atomic mass is 10.2. The lowest BCUT2D eigenvalue weighted by Crippen LogP contribution is -1.94. The zero-order chi connectivity index (χ0) is 15.8. The first-order chi connectivity index (χ1) is 9.68. The van der Waals surface area contributed by atoms with Crippen LogP contribution in [0.5, 0.6) is 0 Å². The van der Waals surface area contributed by atoms with E-state index in [0.717, 1.165) is 23.7 Å². The Morgan fingerprint density at radius 3 is 2.52 bits per heavy atom. The Hall–Kier alpha value is -2.00. The second-order valence-corrected chi connectivity index (χ2v) is 7.69. The minimum absolute atomic E-state index is 0.0451. The smallest absolute Gasteiger partial charge is 0.305 e. The van der Waals surface area contributed by atoms with Gasteiger partial charge in [0, 0.05) is 18.0 Å². The molecule has 6 nitrogen and oxygen atoms in total. The van der Waals surface area contributed by atoms with E-state index in [9.17, 15) is 22.9 Å². The van der Waals surface area contributed by atoms with Crippen molar-refractivity contribution in [3.63, 3.8) is 0 Å². The molecule has 0 saturated carbocycles. The molecule has 1 N–H and O–H groups in total. The molecule has 0 radical (unpaired) electrons. The van der Waals surface area contributed by atoms with Crippen LogP contribution in [0.4, 0.5) is 20.8 Å². The third-order valence-corrected chi connectivity index (χ3v) is 5.52. The summed E-state index contributed by atoms with van der Waals surface area (Å²) >= 11 is 0.736. The van der Waals surface area contributed by atoms with E-state index < -0.39 is 20.6 Å². The largest absolute Gasteiger partial charge is 0.341 e. The number of rotatable bonds is 4. The predicted molar refractivity (Wildman–Crippen MR) is 78.5 cm³/mol. The van der Waals surface area contributed by atoms with Crippen molar-refractivity contribution in [3.8, 4) is 0 Å². The monoisotopic (exact) mass is 330 g/mol. The van der Waals surface area contributed by atoms with Crippen molar-refractivity contribution in [1.82, 2.24) is 0 Å². The zero-order valence-corrected chi connectivity index (χ0v) is 12.7. The van der Waals surface area contributed by atoms with Crippen LogP contribution in [0.15, 0.2) is 28.5 Å². The number of nitro groups is 1. The van der Waals surface area contributed by atoms with Crippen LogP contribution in [0.2, 0.25) is 0 Å². The average molecular weight is 330 g/mol. The molecule has 1 aromatic carbocycles. The Bertz CT molecular complexity index is 815. The third-order valence-electron chi connectivity index (χ3n) is 2.68. The maximum absolute atomic E-state index is 13.5. The molecular formula is C12H11FN2O4S2. The molecule has 112 valence electrons. The fourth-order valence-electron chi connectivity index (χ4n) is 1.57. The highest BCUT2D eigenvalue weighted by Gasteiger charge is 2.23. The number of thiophene rings is 1. The molecule has 1 heterocycles. The highest BCUT2D eigenvalue weighted by molar-refractivity contribution is 7.92. The fraction of sp³-hybridized carbons (Fsp3) is 0.167. The Kier molecular flexibility index (Phi) is 3.97. The van der Waals surface area contributed by atoms with Gasteiger partial charge in [-0.3, -0.25) is 10.1 Å². The third kappa shape index (κ3) is 3.37. The van der Waals surface area contributed by atoms with Gasteiger partial charge in [-0.05, 0) is 24.6 Å². The van der Waals surface area contributed by atoms with Gasteiger partial charge in [-0.15, -0.1) is 0 Å². The summed E-state index contributed by atoms with van der Waals surface area (Å²) in [6.45, 7) is 1.59. The summed E-state index contributed by atoms with van der Waals surface area (Å²) in [6, 6.07) is 5.27. The van der Waals surface area contributed by atoms with Crippen LogP contribution in [0.3, 0.4) is 0 Å². The number of anilines is 2. The number of halogens is 1. The second kappa shape index (κ2) is 5.41. The zero-order valence-electron chi connectivity index (χ0n) is 11.1. The molecule has 9 heteroatoms. The summed E-state index contributed by atoms with van der Waals surface area (Å²) in [7, 11) is -3.55. The quantitative estimate of drug-likeness (QED) is 0.686. The van der Waals surface area contributed by atoms with E-state index in [1.807, 2.05) is 0 Å². The van der Waals surface area contributed by atoms with Crippen LogP contribution in [-0.2, 0) is 9.84 Å². The Labute approximate surface area is 124 Å². The maximum Gasteiger partial charge on any atom is 0.305 e. The number of sulfone groups is 1. The van der Waals surface area contributed by atoms with Crippen LogP contribution in [-0.4, -0.2) is 19.6 Å². The summed E-state index contributed by atoms with van der Waals surface area (Å²) in [4.78, 5) is 10.3. The molecule has 0 aliphatic heterocycles. The highest BCUT2D eigenvalue weighted by Crippen LogP contribution is 2.38. The van der Waals surface area contributed by atoms with Gasteiger partial charge in [0.15, 0.2) is 14.8 Å². The molecule has 2 aromatic rings. The van der Waals surface area contributed by atoms with Gasteiger partial charge in [0.1, 0.15) is 10.0 Å². The first-order valence-electron chi connectivity index (χ1n) is 5.70. The Balaban J connectivity index is 2.45. The van der Waals surface area contributed by atoms with Crippen molar-refractivity contribution in [2.45, 2.75) is 11.1 Å². The topological polar surface area (TPSA) is 89.3 Å². The number of hydrogen-bond acceptors (Lipinski definition) is 6. The normalized spacial score (nSPS) is 11.4. The molecule has 0 unspecified atom stereocenters. The first-order valence-corrected chi connectivity index (χ1v) is 8.40. The van der Waals surface area contributed by atoms with E-state index in [1.54, 1.807) is 13.0 Å². The van der Waals surface area contributed by atoms with Crippen LogP contribution in [0, 0.1) is 22.9 Å². The molecule has 21 heavy (non-hydrogen) atoms. The van der Waals surface area contributed by atoms with Crippen molar-refractivity contribution in [3.05, 3.63) is 45.8 Å². The number of aryl methyl sites for hydroxylation is 1. The SMILES string of the molecule is Cc1ccc(Nc2sc(S(C)(=O)=O)cc2[N+](=O)[O-])cc1F. The molecule has 2 rings (SSSR count). The number of nitrogens with zero attached hydrogens (tertiary/aromatic N) is 1. The van der Waals surface area contributed by atoms with Crippen molar-refractivity contribution in [1.29, 1.82) is 0 Å². The number of nitrogens with one attached hydrogen (secondary N) is 1. The fourth-order valence-corrected chi connectivity index (χ4v) is 3.53. The summed E-state index contributed by atoms with van der Waals surface area (Å²) < 4.78 is 36.3. The van der Waals surface area contributed by atoms with E-state index in [4.69, 9.17) is 0 Å². The second-order valence-electron chi connectivity index (χ2n) is 4.40. The summed E-state index contributed by atoms with van der Waals surface area (Å²) in [5.74, 6) is -0.456. The van der Waals surface area contributed by atoms with Crippen LogP contribution in [0.25, 0.3) is 0 Å². The summed E-state index contributed by atoms with van der Waals surface area (Å²) in [6.07, 6.45) is 0.970. The van der Waals surface area contributed by atoms with Gasteiger partial charge in [0.25, 0.3) is 0 Å². The van der Waals surface area contributed by atoms with Crippen molar-refractivity contribution in [2.24, 2.45) is 0 Å². The highest BCUT2D eigenvalue weighted by atomic mass is 32.2. The van der Waals surface area contributed by atoms with Crippen LogP contribution < -0.4 is 5.32 Å². The molecule has 0 saturated heterocycles. The number of benzene rings is 1. The minimum Gasteiger partial charge on any atom is -0.341 e. The van der Waals surface area contributed by atoms with Gasteiger partial charge < -0.3 is 5.32 Å². The van der Waals surface area contributed by atoms with Crippen molar-refractivity contribution in [2.75, 3.05) is 11.6 Å². The lowest BCUT2D eigenvalue weighted by molar-refractivity contribution is -0.383. The molecular weight excluding hydrogens is 319 g/mol. The molecule has 0 fully saturated rings. The van der Waals surface area contributed by atoms with E-state index in [-0.39, 0.29) is 14.9 Å². The molecule has 0 atom stereocenters. The van der Waals surface area contributed by atoms with Gasteiger partial charge in [0.2, 0.25) is 0 Å². The lowest BCUT2D eigenvalue weighted by Gasteiger charge is -2.04. The van der Waals surface area contributed by atoms with E-state index >= 15 is 0 Å². The van der Waals surface area contributed by atoms with Gasteiger partial charge >= 0.3 is 5.69 Å². The molecule has 0 aliphatic carbocycles. The van der Waals surface area contributed by atoms with Crippen molar-refractivity contribution >= 4 is 37.5 Å². The maximum atomic E-state index is 13.5. The Morgan fingerprint density at radius 2 is 2.00 bits per heavy atom. The predicted octanol–water partition coefficient (Wildman–Crippen LogP) is 3.25. The molecule has 0 spiro atoms. The summed E-state index contributed by atoms with van der Waals surface area (Å²) in [5, 5.41) is 13.7. The van der Waals surface area contributed by atoms with Gasteiger partial charge in [-0.25, -0.2) is 12.8 Å². The molecule has 0 aliphatic rings. The molecule has 1 aromatic heterocycles. The van der Waals surface area contributed by atoms with E-state index in [2.05, 4.69) is 5.32 Å². The van der Waals surface area contributed by atoms with Crippen LogP contribution >= 0.6 is 11.3 Å². The van der Waals surface area contributed by atoms with Gasteiger partial charge in [-0.1, -0.05) is 17.4 Å². The van der Waals surface area contributed by atoms with E-state index in [1.165, 1.54) is 12.1 Å². The van der Waals surface area contributed by atoms with Crippen molar-refractivity contribution < 1.29 is 17.7 Å². The summed E-state index contributed by atoms with van der Waals surface area (Å²) in [5.41, 5.74) is 0.391.